The highest BCUT2D eigenvalue weighted by Crippen LogP contribution is 2.33. The number of aromatic nitrogens is 3. The van der Waals surface area contributed by atoms with Gasteiger partial charge in [0.2, 0.25) is 5.91 Å². The molecule has 0 unspecified atom stereocenters. The Morgan fingerprint density at radius 2 is 1.89 bits per heavy atom. The second-order valence-corrected chi connectivity index (χ2v) is 6.34. The summed E-state index contributed by atoms with van der Waals surface area (Å²) in [5.74, 6) is 2.49. The van der Waals surface area contributed by atoms with Crippen molar-refractivity contribution in [2.24, 2.45) is 5.73 Å². The zero-order valence-corrected chi connectivity index (χ0v) is 14.8. The molecular formula is C20H20N4O3. The maximum absolute atomic E-state index is 11.5. The molecule has 3 aromatic rings. The van der Waals surface area contributed by atoms with Crippen molar-refractivity contribution < 1.29 is 14.3 Å². The third-order valence-corrected chi connectivity index (χ3v) is 4.47. The van der Waals surface area contributed by atoms with Gasteiger partial charge in [0.05, 0.1) is 0 Å². The van der Waals surface area contributed by atoms with Crippen molar-refractivity contribution >= 4 is 5.91 Å². The minimum atomic E-state index is -0.397. The first-order chi connectivity index (χ1) is 13.2. The van der Waals surface area contributed by atoms with Crippen LogP contribution in [-0.2, 0) is 12.8 Å². The van der Waals surface area contributed by atoms with E-state index in [1.165, 1.54) is 0 Å². The van der Waals surface area contributed by atoms with E-state index in [0.29, 0.717) is 30.4 Å². The summed E-state index contributed by atoms with van der Waals surface area (Å²) in [4.78, 5) is 16.1. The third-order valence-electron chi connectivity index (χ3n) is 4.47. The van der Waals surface area contributed by atoms with E-state index in [1.807, 2.05) is 36.4 Å². The first-order valence-electron chi connectivity index (χ1n) is 8.90. The summed E-state index contributed by atoms with van der Waals surface area (Å²) in [5.41, 5.74) is 7.83. The first kappa shape index (κ1) is 17.1. The molecule has 27 heavy (non-hydrogen) atoms. The number of fused-ring (bicyclic) bond motifs is 1. The van der Waals surface area contributed by atoms with Gasteiger partial charge in [-0.2, -0.15) is 5.10 Å². The number of aryl methyl sites for hydroxylation is 2. The number of carbonyl (C=O) groups is 1. The van der Waals surface area contributed by atoms with Crippen molar-refractivity contribution in [2.45, 2.75) is 19.3 Å². The molecule has 2 aromatic carbocycles. The fourth-order valence-electron chi connectivity index (χ4n) is 3.14. The molecule has 138 valence electrons. The molecule has 7 nitrogen and oxygen atoms in total. The molecule has 0 atom stereocenters. The maximum Gasteiger partial charge on any atom is 0.248 e. The second kappa shape index (κ2) is 7.49. The monoisotopic (exact) mass is 364 g/mol. The van der Waals surface area contributed by atoms with Gasteiger partial charge in [0.25, 0.3) is 0 Å². The summed E-state index contributed by atoms with van der Waals surface area (Å²) in [6, 6.07) is 13.1. The Hall–Kier alpha value is -3.35. The molecule has 1 aliphatic heterocycles. The summed E-state index contributed by atoms with van der Waals surface area (Å²) in [7, 11) is 0. The van der Waals surface area contributed by atoms with Crippen molar-refractivity contribution in [1.82, 2.24) is 15.2 Å². The number of rotatable bonds is 6. The molecule has 0 aliphatic carbocycles. The molecule has 0 radical (unpaired) electrons. The van der Waals surface area contributed by atoms with Gasteiger partial charge in [0, 0.05) is 17.5 Å². The standard InChI is InChI=1S/C20H20N4O3/c21-19(25)15-6-2-1-4-13(15)5-3-7-18-22-20(24-23-18)14-8-9-16-17(12-14)27-11-10-26-16/h1-2,4,6,8-9,12H,3,5,7,10-11H2,(H2,21,25)(H,22,23,24). The largest absolute Gasteiger partial charge is 0.486 e. The van der Waals surface area contributed by atoms with Gasteiger partial charge >= 0.3 is 0 Å². The third kappa shape index (κ3) is 3.76. The molecule has 7 heteroatoms. The van der Waals surface area contributed by atoms with Gasteiger partial charge in [0.1, 0.15) is 19.0 Å². The van der Waals surface area contributed by atoms with Gasteiger partial charge < -0.3 is 15.2 Å². The Kier molecular flexibility index (Phi) is 4.74. The van der Waals surface area contributed by atoms with E-state index in [1.54, 1.807) is 6.07 Å². The van der Waals surface area contributed by atoms with E-state index in [2.05, 4.69) is 15.2 Å². The van der Waals surface area contributed by atoms with Crippen molar-refractivity contribution in [3.05, 3.63) is 59.4 Å². The number of nitrogens with two attached hydrogens (primary N) is 1. The molecular weight excluding hydrogens is 344 g/mol. The van der Waals surface area contributed by atoms with E-state index in [9.17, 15) is 4.79 Å². The van der Waals surface area contributed by atoms with Crippen LogP contribution in [0.25, 0.3) is 11.4 Å². The Balaban J connectivity index is 1.41. The van der Waals surface area contributed by atoms with Crippen LogP contribution in [0.4, 0.5) is 0 Å². The molecule has 4 rings (SSSR count). The maximum atomic E-state index is 11.5. The average Bonchev–Trinajstić information content (AvgIpc) is 3.17. The molecule has 0 saturated heterocycles. The topological polar surface area (TPSA) is 103 Å². The van der Waals surface area contributed by atoms with Crippen LogP contribution < -0.4 is 15.2 Å². The number of hydrogen-bond donors (Lipinski definition) is 2. The van der Waals surface area contributed by atoms with Crippen LogP contribution in [0.5, 0.6) is 11.5 Å². The number of amides is 1. The summed E-state index contributed by atoms with van der Waals surface area (Å²) >= 11 is 0. The smallest absolute Gasteiger partial charge is 0.248 e. The lowest BCUT2D eigenvalue weighted by Gasteiger charge is -2.18. The van der Waals surface area contributed by atoms with E-state index < -0.39 is 5.91 Å². The van der Waals surface area contributed by atoms with Crippen molar-refractivity contribution in [3.8, 4) is 22.9 Å². The van der Waals surface area contributed by atoms with Crippen LogP contribution >= 0.6 is 0 Å². The number of benzene rings is 2. The van der Waals surface area contributed by atoms with Crippen molar-refractivity contribution in [2.75, 3.05) is 13.2 Å². The Morgan fingerprint density at radius 3 is 2.74 bits per heavy atom. The van der Waals surface area contributed by atoms with E-state index in [-0.39, 0.29) is 0 Å². The number of nitrogens with zero attached hydrogens (tertiary/aromatic N) is 2. The molecule has 1 aromatic heterocycles. The minimum absolute atomic E-state index is 0.397. The van der Waals surface area contributed by atoms with E-state index in [0.717, 1.165) is 42.0 Å². The number of primary amides is 1. The predicted molar refractivity (Wildman–Crippen MR) is 99.8 cm³/mol. The average molecular weight is 364 g/mol. The number of carbonyl (C=O) groups excluding carboxylic acids is 1. The van der Waals surface area contributed by atoms with Crippen LogP contribution in [0.15, 0.2) is 42.5 Å². The number of ether oxygens (including phenoxy) is 2. The summed E-state index contributed by atoms with van der Waals surface area (Å²) in [6.45, 7) is 1.11. The van der Waals surface area contributed by atoms with Gasteiger partial charge in [0.15, 0.2) is 17.3 Å². The van der Waals surface area contributed by atoms with Crippen molar-refractivity contribution in [1.29, 1.82) is 0 Å². The van der Waals surface area contributed by atoms with Crippen molar-refractivity contribution in [3.63, 3.8) is 0 Å². The summed E-state index contributed by atoms with van der Waals surface area (Å²) in [6.07, 6.45) is 2.31. The number of nitrogens with one attached hydrogen (secondary N) is 1. The lowest BCUT2D eigenvalue weighted by atomic mass is 10.0. The molecule has 1 aliphatic rings. The highest BCUT2D eigenvalue weighted by molar-refractivity contribution is 5.94. The zero-order chi connectivity index (χ0) is 18.6. The molecule has 0 saturated carbocycles. The van der Waals surface area contributed by atoms with Gasteiger partial charge in [-0.3, -0.25) is 9.89 Å². The lowest BCUT2D eigenvalue weighted by molar-refractivity contribution is 0.0999. The minimum Gasteiger partial charge on any atom is -0.486 e. The molecule has 0 bridgehead atoms. The zero-order valence-electron chi connectivity index (χ0n) is 14.8. The summed E-state index contributed by atoms with van der Waals surface area (Å²) < 4.78 is 11.1. The fraction of sp³-hybridized carbons (Fsp3) is 0.250. The number of aromatic amines is 1. The van der Waals surface area contributed by atoms with Gasteiger partial charge in [-0.25, -0.2) is 4.98 Å². The Labute approximate surface area is 156 Å². The Morgan fingerprint density at radius 1 is 1.07 bits per heavy atom. The SMILES string of the molecule is NC(=O)c1ccccc1CCCc1nc(-c2ccc3c(c2)OCCO3)n[nH]1. The Bertz CT molecular complexity index is 967. The second-order valence-electron chi connectivity index (χ2n) is 6.34. The normalized spacial score (nSPS) is 12.7. The molecule has 0 fully saturated rings. The van der Waals surface area contributed by atoms with Crippen LogP contribution in [0.2, 0.25) is 0 Å². The highest BCUT2D eigenvalue weighted by atomic mass is 16.6. The molecule has 2 heterocycles. The number of H-pyrrole nitrogens is 1. The molecule has 0 spiro atoms. The predicted octanol–water partition coefficient (Wildman–Crippen LogP) is 2.52. The quantitative estimate of drug-likeness (QED) is 0.699. The van der Waals surface area contributed by atoms with Gasteiger partial charge in [-0.1, -0.05) is 18.2 Å². The highest BCUT2D eigenvalue weighted by Gasteiger charge is 2.14. The summed E-state index contributed by atoms with van der Waals surface area (Å²) in [5, 5.41) is 7.28. The van der Waals surface area contributed by atoms with Crippen LogP contribution in [-0.4, -0.2) is 34.3 Å². The molecule has 1 amide bonds. The van der Waals surface area contributed by atoms with Crippen LogP contribution in [0.3, 0.4) is 0 Å². The number of hydrogen-bond acceptors (Lipinski definition) is 5. The van der Waals surface area contributed by atoms with Gasteiger partial charge in [-0.05, 0) is 42.7 Å². The molecule has 3 N–H and O–H groups in total. The fourth-order valence-corrected chi connectivity index (χ4v) is 3.14. The first-order valence-corrected chi connectivity index (χ1v) is 8.90. The van der Waals surface area contributed by atoms with E-state index >= 15 is 0 Å². The van der Waals surface area contributed by atoms with E-state index in [4.69, 9.17) is 15.2 Å². The van der Waals surface area contributed by atoms with Crippen LogP contribution in [0.1, 0.15) is 28.2 Å². The lowest BCUT2D eigenvalue weighted by Crippen LogP contribution is -2.15. The van der Waals surface area contributed by atoms with Crippen LogP contribution in [0, 0.1) is 0 Å². The van der Waals surface area contributed by atoms with Gasteiger partial charge in [-0.15, -0.1) is 0 Å².